The third-order valence-corrected chi connectivity index (χ3v) is 8.28. The van der Waals surface area contributed by atoms with Gasteiger partial charge in [-0.2, -0.15) is 32.3 Å². The highest BCUT2D eigenvalue weighted by Gasteiger charge is 2.35. The van der Waals surface area contributed by atoms with E-state index in [1.165, 1.54) is 47.3 Å². The van der Waals surface area contributed by atoms with E-state index in [-0.39, 0.29) is 44.5 Å². The lowest BCUT2D eigenvalue weighted by molar-refractivity contribution is -0.141. The normalized spacial score (nSPS) is 16.9. The molecule has 0 radical (unpaired) electrons. The molecule has 2 aromatic carbocycles. The average molecular weight is 684 g/mol. The first-order valence-electron chi connectivity index (χ1n) is 14.4. The standard InChI is InChI=1S/C31H23ClF5N9O2/c1-16-3-2-4-24(17-5-6-18(12-38)20(9-17)28-23(41-29(16)48)13-40-46(28)30(33)34)44-15-39-22(11-27(44)47)21-10-19(32)7-8-25(21)45-14-26(42-43-45)31(35,36)37/h5-11,13-16,24,30H,2-4H2,1H3,(H,41,48)/t16-,24+/m1/s1. The second-order valence-corrected chi connectivity index (χ2v) is 11.5. The Morgan fingerprint density at radius 2 is 1.88 bits per heavy atom. The van der Waals surface area contributed by atoms with E-state index in [0.29, 0.717) is 35.7 Å². The molecule has 0 saturated heterocycles. The maximum absolute atomic E-state index is 14.1. The predicted molar refractivity (Wildman–Crippen MR) is 162 cm³/mol. The van der Waals surface area contributed by atoms with Crippen LogP contribution in [0, 0.1) is 17.2 Å². The quantitative estimate of drug-likeness (QED) is 0.210. The van der Waals surface area contributed by atoms with Gasteiger partial charge >= 0.3 is 12.7 Å². The van der Waals surface area contributed by atoms with Crippen LogP contribution in [0.3, 0.4) is 0 Å². The molecule has 17 heteroatoms. The van der Waals surface area contributed by atoms with Crippen LogP contribution in [0.15, 0.2) is 66.0 Å². The van der Waals surface area contributed by atoms with Gasteiger partial charge in [0.2, 0.25) is 5.91 Å². The van der Waals surface area contributed by atoms with E-state index in [1.807, 2.05) is 6.07 Å². The summed E-state index contributed by atoms with van der Waals surface area (Å²) in [6, 6.07) is 11.3. The van der Waals surface area contributed by atoms with Gasteiger partial charge in [0.1, 0.15) is 0 Å². The van der Waals surface area contributed by atoms with Crippen LogP contribution in [0.25, 0.3) is 28.2 Å². The molecule has 1 aliphatic rings. The third-order valence-electron chi connectivity index (χ3n) is 8.04. The van der Waals surface area contributed by atoms with Gasteiger partial charge in [0.15, 0.2) is 5.69 Å². The molecule has 0 fully saturated rings. The highest BCUT2D eigenvalue weighted by atomic mass is 35.5. The Labute approximate surface area is 273 Å². The number of carbonyl (C=O) groups excluding carboxylic acids is 1. The maximum Gasteiger partial charge on any atom is 0.436 e. The molecule has 3 aromatic heterocycles. The number of hydrogen-bond donors (Lipinski definition) is 1. The first-order valence-corrected chi connectivity index (χ1v) is 14.8. The SMILES string of the molecule is C[C@@H]1CCC[C@H](n2cnc(-c3cc(Cl)ccc3-n3cc(C(F)(F)F)nn3)cc2=O)c2ccc(C#N)c(c2)-c2c(cnn2C(F)F)NC1=O. The molecule has 1 amide bonds. The smallest absolute Gasteiger partial charge is 0.323 e. The van der Waals surface area contributed by atoms with Crippen LogP contribution in [0.4, 0.5) is 27.6 Å². The van der Waals surface area contributed by atoms with E-state index in [0.717, 1.165) is 10.9 Å². The minimum absolute atomic E-state index is 0.00757. The van der Waals surface area contributed by atoms with E-state index in [4.69, 9.17) is 11.6 Å². The van der Waals surface area contributed by atoms with Gasteiger partial charge < -0.3 is 5.32 Å². The number of nitrogens with zero attached hydrogens (tertiary/aromatic N) is 8. The van der Waals surface area contributed by atoms with Gasteiger partial charge in [0.05, 0.1) is 59.2 Å². The number of fused-ring (bicyclic) bond motifs is 4. The van der Waals surface area contributed by atoms with Gasteiger partial charge in [-0.25, -0.2) is 14.3 Å². The summed E-state index contributed by atoms with van der Waals surface area (Å²) in [6.07, 6.45) is -0.467. The molecular weight excluding hydrogens is 661 g/mol. The Morgan fingerprint density at radius 3 is 2.56 bits per heavy atom. The van der Waals surface area contributed by atoms with Crippen LogP contribution >= 0.6 is 11.6 Å². The van der Waals surface area contributed by atoms with Crippen LogP contribution in [-0.4, -0.2) is 40.2 Å². The van der Waals surface area contributed by atoms with E-state index >= 15 is 0 Å². The number of alkyl halides is 5. The Balaban J connectivity index is 1.47. The lowest BCUT2D eigenvalue weighted by Crippen LogP contribution is -2.26. The van der Waals surface area contributed by atoms with Crippen LogP contribution in [0.2, 0.25) is 5.02 Å². The highest BCUT2D eigenvalue weighted by Crippen LogP contribution is 2.38. The molecule has 4 heterocycles. The zero-order valence-corrected chi connectivity index (χ0v) is 25.5. The lowest BCUT2D eigenvalue weighted by atomic mass is 9.92. The van der Waals surface area contributed by atoms with Gasteiger partial charge in [-0.1, -0.05) is 36.2 Å². The van der Waals surface area contributed by atoms with Gasteiger partial charge in [-0.05, 0) is 48.7 Å². The lowest BCUT2D eigenvalue weighted by Gasteiger charge is -2.23. The average Bonchev–Trinajstić information content (AvgIpc) is 3.71. The molecule has 0 saturated carbocycles. The van der Waals surface area contributed by atoms with Crippen molar-refractivity contribution >= 4 is 23.2 Å². The zero-order chi connectivity index (χ0) is 34.3. The second-order valence-electron chi connectivity index (χ2n) is 11.1. The number of carbonyl (C=O) groups is 1. The first kappa shape index (κ1) is 32.5. The number of nitrogens with one attached hydrogen (secondary N) is 1. The number of amides is 1. The van der Waals surface area contributed by atoms with E-state index < -0.39 is 41.8 Å². The van der Waals surface area contributed by atoms with Crippen molar-refractivity contribution < 1.29 is 26.7 Å². The summed E-state index contributed by atoms with van der Waals surface area (Å²) >= 11 is 6.21. The minimum Gasteiger partial charge on any atom is -0.323 e. The number of rotatable bonds is 4. The molecule has 48 heavy (non-hydrogen) atoms. The van der Waals surface area contributed by atoms with Crippen molar-refractivity contribution in [2.24, 2.45) is 5.92 Å². The molecule has 0 unspecified atom stereocenters. The molecule has 6 rings (SSSR count). The summed E-state index contributed by atoms with van der Waals surface area (Å²) in [5.41, 5.74) is -0.885. The van der Waals surface area contributed by atoms with E-state index in [9.17, 15) is 36.8 Å². The van der Waals surface area contributed by atoms with Gasteiger partial charge in [-0.3, -0.25) is 14.2 Å². The monoisotopic (exact) mass is 683 g/mol. The van der Waals surface area contributed by atoms with Gasteiger partial charge in [0, 0.05) is 28.1 Å². The van der Waals surface area contributed by atoms with E-state index in [1.54, 1.807) is 13.0 Å². The highest BCUT2D eigenvalue weighted by molar-refractivity contribution is 6.31. The number of hydrogen-bond acceptors (Lipinski definition) is 7. The summed E-state index contributed by atoms with van der Waals surface area (Å²) in [4.78, 5) is 31.2. The molecule has 1 aliphatic heterocycles. The van der Waals surface area contributed by atoms with Crippen molar-refractivity contribution in [3.63, 3.8) is 0 Å². The molecule has 0 aliphatic carbocycles. The van der Waals surface area contributed by atoms with Crippen molar-refractivity contribution in [1.29, 1.82) is 5.26 Å². The molecule has 0 spiro atoms. The zero-order valence-electron chi connectivity index (χ0n) is 24.8. The third kappa shape index (κ3) is 6.16. The van der Waals surface area contributed by atoms with Crippen molar-refractivity contribution in [2.45, 2.75) is 45.0 Å². The summed E-state index contributed by atoms with van der Waals surface area (Å²) in [6.45, 7) is -1.40. The van der Waals surface area contributed by atoms with E-state index in [2.05, 4.69) is 25.7 Å². The molecule has 5 aromatic rings. The Bertz CT molecular complexity index is 2130. The number of anilines is 1. The number of halogens is 6. The summed E-state index contributed by atoms with van der Waals surface area (Å²) < 4.78 is 70.5. The molecule has 246 valence electrons. The first-order chi connectivity index (χ1) is 22.8. The Kier molecular flexibility index (Phi) is 8.56. The molecule has 2 bridgehead atoms. The molecule has 11 nitrogen and oxygen atoms in total. The largest absolute Gasteiger partial charge is 0.436 e. The summed E-state index contributed by atoms with van der Waals surface area (Å²) in [7, 11) is 0. The fraction of sp³-hybridized carbons (Fsp3) is 0.258. The Hall–Kier alpha value is -5.43. The topological polar surface area (TPSA) is 136 Å². The van der Waals surface area contributed by atoms with Crippen LogP contribution < -0.4 is 10.9 Å². The number of nitriles is 1. The fourth-order valence-corrected chi connectivity index (χ4v) is 5.79. The van der Waals surface area contributed by atoms with Crippen molar-refractivity contribution in [1.82, 2.24) is 34.3 Å². The van der Waals surface area contributed by atoms with Crippen LogP contribution in [-0.2, 0) is 11.0 Å². The van der Waals surface area contributed by atoms with Crippen molar-refractivity contribution in [3.8, 4) is 34.3 Å². The molecule has 2 atom stereocenters. The Morgan fingerprint density at radius 1 is 1.08 bits per heavy atom. The predicted octanol–water partition coefficient (Wildman–Crippen LogP) is 6.64. The van der Waals surface area contributed by atoms with Crippen LogP contribution in [0.1, 0.15) is 55.6 Å². The molecule has 1 N–H and O–H groups in total. The van der Waals surface area contributed by atoms with Crippen molar-refractivity contribution in [2.75, 3.05) is 5.32 Å². The second kappa shape index (κ2) is 12.6. The maximum atomic E-state index is 14.1. The van der Waals surface area contributed by atoms with Gasteiger partial charge in [-0.15, -0.1) is 5.10 Å². The fourth-order valence-electron chi connectivity index (χ4n) is 5.62. The van der Waals surface area contributed by atoms with Crippen LogP contribution in [0.5, 0.6) is 0 Å². The summed E-state index contributed by atoms with van der Waals surface area (Å²) in [5, 5.41) is 23.3. The number of benzene rings is 2. The van der Waals surface area contributed by atoms with Crippen molar-refractivity contribution in [3.05, 3.63) is 93.4 Å². The molecular formula is C31H23ClF5N9O2. The van der Waals surface area contributed by atoms with Gasteiger partial charge in [0.25, 0.3) is 5.56 Å². The minimum atomic E-state index is -4.73. The summed E-state index contributed by atoms with van der Waals surface area (Å²) in [5.74, 6) is -0.957. The number of aromatic nitrogens is 7.